The van der Waals surface area contributed by atoms with E-state index in [-0.39, 0.29) is 0 Å². The monoisotopic (exact) mass is 371 g/mol. The highest BCUT2D eigenvalue weighted by Gasteiger charge is 2.22. The van der Waals surface area contributed by atoms with Gasteiger partial charge in [0, 0.05) is 17.0 Å². The van der Waals surface area contributed by atoms with E-state index in [2.05, 4.69) is 60.8 Å². The fraction of sp³-hybridized carbons (Fsp3) is 0.217. The van der Waals surface area contributed by atoms with E-state index in [0.717, 1.165) is 35.0 Å². The van der Waals surface area contributed by atoms with Gasteiger partial charge < -0.3 is 5.32 Å². The molecule has 3 nitrogen and oxygen atoms in total. The van der Waals surface area contributed by atoms with Crippen LogP contribution in [0.2, 0.25) is 0 Å². The molecule has 0 aliphatic heterocycles. The molecule has 0 bridgehead atoms. The number of hydrogen-bond acceptors (Lipinski definition) is 4. The highest BCUT2D eigenvalue weighted by Crippen LogP contribution is 2.40. The Morgan fingerprint density at radius 3 is 2.74 bits per heavy atom. The van der Waals surface area contributed by atoms with Crippen molar-refractivity contribution in [3.63, 3.8) is 0 Å². The van der Waals surface area contributed by atoms with Gasteiger partial charge in [0.1, 0.15) is 16.5 Å². The van der Waals surface area contributed by atoms with Crippen LogP contribution >= 0.6 is 11.3 Å². The summed E-state index contributed by atoms with van der Waals surface area (Å²) in [6.45, 7) is 2.11. The molecule has 27 heavy (non-hydrogen) atoms. The summed E-state index contributed by atoms with van der Waals surface area (Å²) in [5.41, 5.74) is 5.02. The summed E-state index contributed by atoms with van der Waals surface area (Å²) in [5.74, 6) is 1.83. The van der Waals surface area contributed by atoms with Crippen LogP contribution in [0.5, 0.6) is 0 Å². The van der Waals surface area contributed by atoms with Gasteiger partial charge in [-0.1, -0.05) is 42.5 Å². The van der Waals surface area contributed by atoms with Crippen LogP contribution in [0.4, 0.5) is 11.5 Å². The molecule has 2 aromatic heterocycles. The minimum atomic E-state index is 0.752. The molecule has 1 aliphatic carbocycles. The number of benzene rings is 2. The lowest BCUT2D eigenvalue weighted by atomic mass is 10.1. The highest BCUT2D eigenvalue weighted by molar-refractivity contribution is 7.19. The first-order valence-corrected chi connectivity index (χ1v) is 10.3. The summed E-state index contributed by atoms with van der Waals surface area (Å²) < 4.78 is 0. The SMILES string of the molecule is Cc1cccc(Nc2nc(Cc3ccccc3)nc3sc4c(c23)CCC4)c1. The van der Waals surface area contributed by atoms with Crippen molar-refractivity contribution < 1.29 is 0 Å². The zero-order valence-electron chi connectivity index (χ0n) is 15.3. The van der Waals surface area contributed by atoms with Gasteiger partial charge in [-0.2, -0.15) is 0 Å². The lowest BCUT2D eigenvalue weighted by Gasteiger charge is -2.11. The lowest BCUT2D eigenvalue weighted by molar-refractivity contribution is 0.916. The van der Waals surface area contributed by atoms with Crippen molar-refractivity contribution in [1.82, 2.24) is 9.97 Å². The van der Waals surface area contributed by atoms with Crippen molar-refractivity contribution in [3.05, 3.63) is 82.0 Å². The average molecular weight is 372 g/mol. The normalized spacial score (nSPS) is 13.1. The number of thiophene rings is 1. The van der Waals surface area contributed by atoms with Crippen molar-refractivity contribution in [2.24, 2.45) is 0 Å². The fourth-order valence-electron chi connectivity index (χ4n) is 3.85. The van der Waals surface area contributed by atoms with Gasteiger partial charge in [-0.15, -0.1) is 11.3 Å². The first kappa shape index (κ1) is 16.5. The number of nitrogens with one attached hydrogen (secondary N) is 1. The van der Waals surface area contributed by atoms with E-state index in [0.29, 0.717) is 0 Å². The van der Waals surface area contributed by atoms with Crippen molar-refractivity contribution in [2.45, 2.75) is 32.6 Å². The Bertz CT molecular complexity index is 1120. The molecule has 1 aliphatic rings. The van der Waals surface area contributed by atoms with Crippen LogP contribution in [0.15, 0.2) is 54.6 Å². The molecule has 0 amide bonds. The summed E-state index contributed by atoms with van der Waals surface area (Å²) in [4.78, 5) is 12.5. The van der Waals surface area contributed by atoms with E-state index in [1.54, 1.807) is 0 Å². The summed E-state index contributed by atoms with van der Waals surface area (Å²) in [7, 11) is 0. The number of anilines is 2. The molecule has 0 saturated carbocycles. The average Bonchev–Trinajstić information content (AvgIpc) is 3.23. The van der Waals surface area contributed by atoms with Gasteiger partial charge in [-0.25, -0.2) is 9.97 Å². The second kappa shape index (κ2) is 6.78. The maximum absolute atomic E-state index is 4.96. The number of aryl methyl sites for hydroxylation is 3. The van der Waals surface area contributed by atoms with Crippen LogP contribution in [0.3, 0.4) is 0 Å². The number of rotatable bonds is 4. The number of fused-ring (bicyclic) bond motifs is 3. The predicted molar refractivity (Wildman–Crippen MR) is 113 cm³/mol. The molecular weight excluding hydrogens is 350 g/mol. The molecule has 2 heterocycles. The van der Waals surface area contributed by atoms with Gasteiger partial charge in [0.05, 0.1) is 5.39 Å². The second-order valence-electron chi connectivity index (χ2n) is 7.18. The topological polar surface area (TPSA) is 37.8 Å². The van der Waals surface area contributed by atoms with Crippen LogP contribution < -0.4 is 5.32 Å². The van der Waals surface area contributed by atoms with Gasteiger partial charge in [0.25, 0.3) is 0 Å². The van der Waals surface area contributed by atoms with Crippen LogP contribution in [0.1, 0.15) is 33.8 Å². The standard InChI is InChI=1S/C23H21N3S/c1-15-7-5-10-17(13-15)24-22-21-18-11-6-12-19(18)27-23(21)26-20(25-22)14-16-8-3-2-4-9-16/h2-5,7-10,13H,6,11-12,14H2,1H3,(H,24,25,26). The summed E-state index contributed by atoms with van der Waals surface area (Å²) in [6.07, 6.45) is 4.31. The second-order valence-corrected chi connectivity index (χ2v) is 8.27. The number of aromatic nitrogens is 2. The molecule has 0 radical (unpaired) electrons. The molecular formula is C23H21N3S. The lowest BCUT2D eigenvalue weighted by Crippen LogP contribution is -2.02. The zero-order chi connectivity index (χ0) is 18.2. The maximum atomic E-state index is 4.96. The van der Waals surface area contributed by atoms with Crippen molar-refractivity contribution in [2.75, 3.05) is 5.32 Å². The zero-order valence-corrected chi connectivity index (χ0v) is 16.1. The van der Waals surface area contributed by atoms with Gasteiger partial charge >= 0.3 is 0 Å². The highest BCUT2D eigenvalue weighted by atomic mass is 32.1. The van der Waals surface area contributed by atoms with Gasteiger partial charge in [-0.3, -0.25) is 0 Å². The van der Waals surface area contributed by atoms with Gasteiger partial charge in [0.15, 0.2) is 0 Å². The summed E-state index contributed by atoms with van der Waals surface area (Å²) in [6, 6.07) is 18.9. The predicted octanol–water partition coefficient (Wildman–Crippen LogP) is 5.82. The Hall–Kier alpha value is -2.72. The molecule has 5 rings (SSSR count). The van der Waals surface area contributed by atoms with Crippen molar-refractivity contribution in [1.29, 1.82) is 0 Å². The van der Waals surface area contributed by atoms with E-state index >= 15 is 0 Å². The fourth-order valence-corrected chi connectivity index (χ4v) is 5.13. The smallest absolute Gasteiger partial charge is 0.143 e. The minimum Gasteiger partial charge on any atom is -0.340 e. The Morgan fingerprint density at radius 2 is 1.89 bits per heavy atom. The molecule has 134 valence electrons. The molecule has 1 N–H and O–H groups in total. The molecule has 0 unspecified atom stereocenters. The molecule has 2 aromatic carbocycles. The Morgan fingerprint density at radius 1 is 1.00 bits per heavy atom. The summed E-state index contributed by atoms with van der Waals surface area (Å²) in [5, 5.41) is 4.81. The van der Waals surface area contributed by atoms with E-state index < -0.39 is 0 Å². The van der Waals surface area contributed by atoms with E-state index in [1.165, 1.54) is 39.8 Å². The van der Waals surface area contributed by atoms with Crippen LogP contribution in [0.25, 0.3) is 10.2 Å². The number of nitrogens with zero attached hydrogens (tertiary/aromatic N) is 2. The van der Waals surface area contributed by atoms with Crippen molar-refractivity contribution in [3.8, 4) is 0 Å². The Balaban J connectivity index is 1.61. The molecule has 0 saturated heterocycles. The van der Waals surface area contributed by atoms with Gasteiger partial charge in [-0.05, 0) is 55.0 Å². The third-order valence-electron chi connectivity index (χ3n) is 5.10. The van der Waals surface area contributed by atoms with E-state index in [1.807, 2.05) is 17.4 Å². The first-order valence-electron chi connectivity index (χ1n) is 9.45. The van der Waals surface area contributed by atoms with Crippen LogP contribution in [-0.2, 0) is 19.3 Å². The molecule has 0 atom stereocenters. The largest absolute Gasteiger partial charge is 0.340 e. The Kier molecular flexibility index (Phi) is 4.13. The molecule has 0 fully saturated rings. The quantitative estimate of drug-likeness (QED) is 0.491. The number of hydrogen-bond donors (Lipinski definition) is 1. The third-order valence-corrected chi connectivity index (χ3v) is 6.28. The van der Waals surface area contributed by atoms with E-state index in [9.17, 15) is 0 Å². The minimum absolute atomic E-state index is 0.752. The molecule has 4 aromatic rings. The third kappa shape index (κ3) is 3.21. The Labute approximate surface area is 163 Å². The van der Waals surface area contributed by atoms with Crippen LogP contribution in [0, 0.1) is 6.92 Å². The molecule has 4 heteroatoms. The summed E-state index contributed by atoms with van der Waals surface area (Å²) >= 11 is 1.85. The molecule has 0 spiro atoms. The van der Waals surface area contributed by atoms with E-state index in [4.69, 9.17) is 9.97 Å². The van der Waals surface area contributed by atoms with Gasteiger partial charge in [0.2, 0.25) is 0 Å². The maximum Gasteiger partial charge on any atom is 0.143 e. The van der Waals surface area contributed by atoms with Crippen LogP contribution in [-0.4, -0.2) is 9.97 Å². The van der Waals surface area contributed by atoms with Crippen molar-refractivity contribution >= 4 is 33.1 Å². The first-order chi connectivity index (χ1) is 13.3.